The molecule has 0 amide bonds. The van der Waals surface area contributed by atoms with Crippen molar-refractivity contribution in [3.05, 3.63) is 77.1 Å². The number of rotatable bonds is 3. The molecule has 3 aromatic rings. The summed E-state index contributed by atoms with van der Waals surface area (Å²) < 4.78 is 13.4. The Morgan fingerprint density at radius 3 is 2.48 bits per heavy atom. The number of halogens is 2. The van der Waals surface area contributed by atoms with Crippen LogP contribution >= 0.6 is 11.6 Å². The van der Waals surface area contributed by atoms with E-state index in [9.17, 15) is 4.39 Å². The first kappa shape index (κ1) is 13.9. The van der Waals surface area contributed by atoms with Crippen LogP contribution in [0.25, 0.3) is 10.8 Å². The summed E-state index contributed by atoms with van der Waals surface area (Å²) in [5.74, 6) is -0.337. The molecule has 1 nitrogen and oxygen atoms in total. The van der Waals surface area contributed by atoms with E-state index in [-0.39, 0.29) is 11.9 Å². The summed E-state index contributed by atoms with van der Waals surface area (Å²) in [4.78, 5) is 0. The summed E-state index contributed by atoms with van der Waals surface area (Å²) in [6, 6.07) is 19.1. The van der Waals surface area contributed by atoms with Crippen LogP contribution < -0.4 is 5.32 Å². The van der Waals surface area contributed by atoms with Crippen LogP contribution in [0, 0.1) is 5.82 Å². The predicted molar refractivity (Wildman–Crippen MR) is 87.4 cm³/mol. The van der Waals surface area contributed by atoms with Crippen LogP contribution in [-0.4, -0.2) is 0 Å². The fourth-order valence-corrected chi connectivity index (χ4v) is 2.67. The zero-order valence-corrected chi connectivity index (χ0v) is 12.4. The molecule has 21 heavy (non-hydrogen) atoms. The smallest absolute Gasteiger partial charge is 0.126 e. The van der Waals surface area contributed by atoms with Crippen molar-refractivity contribution in [3.63, 3.8) is 0 Å². The van der Waals surface area contributed by atoms with E-state index in [0.29, 0.717) is 10.7 Å². The van der Waals surface area contributed by atoms with Crippen molar-refractivity contribution >= 4 is 28.1 Å². The predicted octanol–water partition coefficient (Wildman–Crippen LogP) is 5.81. The molecule has 106 valence electrons. The second-order valence-electron chi connectivity index (χ2n) is 5.13. The lowest BCUT2D eigenvalue weighted by molar-refractivity contribution is 0.628. The van der Waals surface area contributed by atoms with E-state index in [1.54, 1.807) is 6.07 Å². The van der Waals surface area contributed by atoms with Gasteiger partial charge in [0.05, 0.1) is 0 Å². The molecule has 0 aliphatic carbocycles. The summed E-state index contributed by atoms with van der Waals surface area (Å²) >= 11 is 5.88. The van der Waals surface area contributed by atoms with Crippen molar-refractivity contribution < 1.29 is 4.39 Å². The largest absolute Gasteiger partial charge is 0.378 e. The molecule has 1 atom stereocenters. The van der Waals surface area contributed by atoms with E-state index in [0.717, 1.165) is 5.56 Å². The first-order chi connectivity index (χ1) is 10.1. The number of benzene rings is 3. The van der Waals surface area contributed by atoms with E-state index in [1.165, 1.54) is 22.9 Å². The Hall–Kier alpha value is -2.06. The molecule has 0 saturated heterocycles. The summed E-state index contributed by atoms with van der Waals surface area (Å²) in [5.41, 5.74) is 1.83. The second kappa shape index (κ2) is 5.74. The second-order valence-corrected chi connectivity index (χ2v) is 5.57. The van der Waals surface area contributed by atoms with Crippen molar-refractivity contribution in [2.24, 2.45) is 0 Å². The zero-order valence-electron chi connectivity index (χ0n) is 11.6. The Bertz CT molecular complexity index is 765. The fraction of sp³-hybridized carbons (Fsp3) is 0.111. The lowest BCUT2D eigenvalue weighted by atomic mass is 10.0. The van der Waals surface area contributed by atoms with Crippen LogP contribution in [0.5, 0.6) is 0 Å². The lowest BCUT2D eigenvalue weighted by Gasteiger charge is -2.16. The minimum Gasteiger partial charge on any atom is -0.378 e. The highest BCUT2D eigenvalue weighted by molar-refractivity contribution is 6.30. The van der Waals surface area contributed by atoms with Gasteiger partial charge in [-0.25, -0.2) is 4.39 Å². The molecule has 3 aromatic carbocycles. The summed E-state index contributed by atoms with van der Waals surface area (Å²) in [6.07, 6.45) is 0. The van der Waals surface area contributed by atoms with Gasteiger partial charge in [0.1, 0.15) is 5.82 Å². The van der Waals surface area contributed by atoms with E-state index >= 15 is 0 Å². The highest BCUT2D eigenvalue weighted by Gasteiger charge is 2.07. The first-order valence-electron chi connectivity index (χ1n) is 6.83. The van der Waals surface area contributed by atoms with Crippen LogP contribution in [0.3, 0.4) is 0 Å². The van der Waals surface area contributed by atoms with Crippen LogP contribution in [0.1, 0.15) is 18.5 Å². The standard InChI is InChI=1S/C18H15ClFN/c1-12(21-18-10-16(19)9-17(20)11-18)14-7-6-13-4-2-3-5-15(13)8-14/h2-12,21H,1H3. The van der Waals surface area contributed by atoms with Gasteiger partial charge in [-0.15, -0.1) is 0 Å². The third-order valence-electron chi connectivity index (χ3n) is 3.52. The molecule has 3 rings (SSSR count). The average molecular weight is 300 g/mol. The Morgan fingerprint density at radius 1 is 0.952 bits per heavy atom. The van der Waals surface area contributed by atoms with Crippen molar-refractivity contribution in [2.75, 3.05) is 5.32 Å². The van der Waals surface area contributed by atoms with E-state index in [4.69, 9.17) is 11.6 Å². The third-order valence-corrected chi connectivity index (χ3v) is 3.74. The number of fused-ring (bicyclic) bond motifs is 1. The quantitative estimate of drug-likeness (QED) is 0.644. The highest BCUT2D eigenvalue weighted by Crippen LogP contribution is 2.25. The molecule has 0 aromatic heterocycles. The topological polar surface area (TPSA) is 12.0 Å². The van der Waals surface area contributed by atoms with Gasteiger partial charge in [-0.3, -0.25) is 0 Å². The molecular weight excluding hydrogens is 285 g/mol. The molecule has 0 heterocycles. The Kier molecular flexibility index (Phi) is 3.80. The van der Waals surface area contributed by atoms with E-state index < -0.39 is 0 Å². The van der Waals surface area contributed by atoms with Crippen LogP contribution in [0.15, 0.2) is 60.7 Å². The minimum atomic E-state index is -0.337. The van der Waals surface area contributed by atoms with Gasteiger partial charge in [0.15, 0.2) is 0 Å². The van der Waals surface area contributed by atoms with Crippen molar-refractivity contribution in [1.82, 2.24) is 0 Å². The molecule has 1 N–H and O–H groups in total. The number of hydrogen-bond donors (Lipinski definition) is 1. The third kappa shape index (κ3) is 3.17. The molecular formula is C18H15ClFN. The lowest BCUT2D eigenvalue weighted by Crippen LogP contribution is -2.06. The molecule has 3 heteroatoms. The Balaban J connectivity index is 1.87. The average Bonchev–Trinajstić information content (AvgIpc) is 2.45. The van der Waals surface area contributed by atoms with E-state index in [2.05, 4.69) is 35.6 Å². The molecule has 0 fully saturated rings. The minimum absolute atomic E-state index is 0.0625. The van der Waals surface area contributed by atoms with Gasteiger partial charge in [0, 0.05) is 16.8 Å². The van der Waals surface area contributed by atoms with Gasteiger partial charge in [-0.05, 0) is 47.5 Å². The van der Waals surface area contributed by atoms with Crippen molar-refractivity contribution in [2.45, 2.75) is 13.0 Å². The number of hydrogen-bond acceptors (Lipinski definition) is 1. The summed E-state index contributed by atoms with van der Waals surface area (Å²) in [7, 11) is 0. The highest BCUT2D eigenvalue weighted by atomic mass is 35.5. The van der Waals surface area contributed by atoms with Crippen molar-refractivity contribution in [3.8, 4) is 0 Å². The van der Waals surface area contributed by atoms with Gasteiger partial charge in [0.2, 0.25) is 0 Å². The number of anilines is 1. The van der Waals surface area contributed by atoms with E-state index in [1.807, 2.05) is 19.1 Å². The summed E-state index contributed by atoms with van der Waals surface area (Å²) in [6.45, 7) is 2.04. The monoisotopic (exact) mass is 299 g/mol. The van der Waals surface area contributed by atoms with Crippen LogP contribution in [0.4, 0.5) is 10.1 Å². The van der Waals surface area contributed by atoms with Crippen LogP contribution in [0.2, 0.25) is 5.02 Å². The normalized spacial score (nSPS) is 12.3. The maximum atomic E-state index is 13.4. The van der Waals surface area contributed by atoms with Gasteiger partial charge in [-0.2, -0.15) is 0 Å². The van der Waals surface area contributed by atoms with Gasteiger partial charge >= 0.3 is 0 Å². The molecule has 0 aliphatic rings. The molecule has 0 spiro atoms. The first-order valence-corrected chi connectivity index (χ1v) is 7.21. The Morgan fingerprint density at radius 2 is 1.71 bits per heavy atom. The molecule has 0 radical (unpaired) electrons. The number of nitrogens with one attached hydrogen (secondary N) is 1. The van der Waals surface area contributed by atoms with Crippen molar-refractivity contribution in [1.29, 1.82) is 0 Å². The van der Waals surface area contributed by atoms with Gasteiger partial charge in [0.25, 0.3) is 0 Å². The SMILES string of the molecule is CC(Nc1cc(F)cc(Cl)c1)c1ccc2ccccc2c1. The molecule has 0 aliphatic heterocycles. The van der Waals surface area contributed by atoms with Crippen LogP contribution in [-0.2, 0) is 0 Å². The summed E-state index contributed by atoms with van der Waals surface area (Å²) in [5, 5.41) is 6.08. The zero-order chi connectivity index (χ0) is 14.8. The maximum absolute atomic E-state index is 13.4. The molecule has 1 unspecified atom stereocenters. The van der Waals surface area contributed by atoms with Gasteiger partial charge < -0.3 is 5.32 Å². The fourth-order valence-electron chi connectivity index (χ4n) is 2.45. The molecule has 0 saturated carbocycles. The Labute approximate surface area is 128 Å². The van der Waals surface area contributed by atoms with Gasteiger partial charge in [-0.1, -0.05) is 48.0 Å². The maximum Gasteiger partial charge on any atom is 0.126 e. The molecule has 0 bridgehead atoms.